The van der Waals surface area contributed by atoms with Crippen LogP contribution in [0.3, 0.4) is 0 Å². The Hall–Kier alpha value is -2.62. The molecule has 2 aromatic rings. The molecule has 0 heterocycles. The molecule has 0 amide bonds. The van der Waals surface area contributed by atoms with Crippen LogP contribution in [0.25, 0.3) is 0 Å². The summed E-state index contributed by atoms with van der Waals surface area (Å²) in [5, 5.41) is 0. The Kier molecular flexibility index (Phi) is 6.39. The zero-order valence-corrected chi connectivity index (χ0v) is 21.7. The van der Waals surface area contributed by atoms with Gasteiger partial charge in [0, 0.05) is 10.8 Å². The van der Waals surface area contributed by atoms with E-state index in [0.29, 0.717) is 17.0 Å². The van der Waals surface area contributed by atoms with E-state index >= 15 is 0 Å². The second-order valence-electron chi connectivity index (χ2n) is 11.4. The van der Waals surface area contributed by atoms with E-state index in [9.17, 15) is 9.59 Å². The lowest BCUT2D eigenvalue weighted by Gasteiger charge is -2.61. The van der Waals surface area contributed by atoms with Crippen molar-refractivity contribution in [2.24, 2.45) is 16.7 Å². The van der Waals surface area contributed by atoms with Gasteiger partial charge in [-0.25, -0.2) is 9.59 Å². The Morgan fingerprint density at radius 1 is 0.706 bits per heavy atom. The molecule has 2 bridgehead atoms. The SMILES string of the molecule is Cc1cc(C)cc(C(=O)OC2C(OC(=O)c3cc(C)cc(C)c3)C3(C(C)C)CCC2(C)CC3)c1. The lowest BCUT2D eigenvalue weighted by atomic mass is 9.48. The minimum atomic E-state index is -0.472. The summed E-state index contributed by atoms with van der Waals surface area (Å²) < 4.78 is 12.6. The number of rotatable bonds is 5. The fraction of sp³-hybridized carbons (Fsp3) is 0.533. The van der Waals surface area contributed by atoms with Crippen LogP contribution in [-0.4, -0.2) is 24.1 Å². The molecule has 0 radical (unpaired) electrons. The molecule has 0 spiro atoms. The molecular weight excluding hydrogens is 424 g/mol. The van der Waals surface area contributed by atoms with E-state index in [-0.39, 0.29) is 22.8 Å². The number of fused-ring (bicyclic) bond motifs is 3. The molecule has 2 aromatic carbocycles. The molecule has 2 unspecified atom stereocenters. The van der Waals surface area contributed by atoms with E-state index in [1.807, 2.05) is 64.1 Å². The predicted molar refractivity (Wildman–Crippen MR) is 134 cm³/mol. The smallest absolute Gasteiger partial charge is 0.338 e. The Morgan fingerprint density at radius 2 is 1.09 bits per heavy atom. The summed E-state index contributed by atoms with van der Waals surface area (Å²) in [5.74, 6) is -0.367. The molecule has 3 saturated carbocycles. The maximum Gasteiger partial charge on any atom is 0.338 e. The fourth-order valence-electron chi connectivity index (χ4n) is 6.36. The van der Waals surface area contributed by atoms with Crippen molar-refractivity contribution in [2.75, 3.05) is 0 Å². The number of hydrogen-bond acceptors (Lipinski definition) is 4. The van der Waals surface area contributed by atoms with Crippen molar-refractivity contribution in [2.45, 2.75) is 86.4 Å². The Bertz CT molecular complexity index is 1060. The second kappa shape index (κ2) is 8.87. The first-order chi connectivity index (χ1) is 15.9. The summed E-state index contributed by atoms with van der Waals surface area (Å²) in [6, 6.07) is 11.6. The molecule has 4 heteroatoms. The summed E-state index contributed by atoms with van der Waals surface area (Å²) in [6.45, 7) is 14.5. The molecule has 3 aliphatic carbocycles. The number of benzene rings is 2. The van der Waals surface area contributed by atoms with Gasteiger partial charge < -0.3 is 9.47 Å². The third-order valence-corrected chi connectivity index (χ3v) is 8.38. The van der Waals surface area contributed by atoms with Gasteiger partial charge in [0.15, 0.2) is 0 Å². The Balaban J connectivity index is 1.70. The van der Waals surface area contributed by atoms with Crippen molar-refractivity contribution in [1.82, 2.24) is 0 Å². The van der Waals surface area contributed by atoms with E-state index < -0.39 is 12.2 Å². The monoisotopic (exact) mass is 462 g/mol. The number of ether oxygens (including phenoxy) is 2. The molecule has 0 N–H and O–H groups in total. The summed E-state index contributed by atoms with van der Waals surface area (Å²) in [5.41, 5.74) is 4.82. The van der Waals surface area contributed by atoms with Crippen LogP contribution < -0.4 is 0 Å². The molecule has 3 aliphatic rings. The topological polar surface area (TPSA) is 52.6 Å². The van der Waals surface area contributed by atoms with Crippen LogP contribution in [0, 0.1) is 44.4 Å². The standard InChI is InChI=1S/C30H38O4/c1-18(2)30-10-8-29(7,9-11-30)25(33-27(31)23-14-19(3)12-20(4)15-23)26(30)34-28(32)24-16-21(5)13-22(6)17-24/h12-18,25-26H,8-11H2,1-7H3. The summed E-state index contributed by atoms with van der Waals surface area (Å²) in [4.78, 5) is 26.7. The summed E-state index contributed by atoms with van der Waals surface area (Å²) in [7, 11) is 0. The fourth-order valence-corrected chi connectivity index (χ4v) is 6.36. The highest BCUT2D eigenvalue weighted by Gasteiger charge is 2.63. The molecule has 5 rings (SSSR count). The number of esters is 2. The first-order valence-corrected chi connectivity index (χ1v) is 12.5. The van der Waals surface area contributed by atoms with Gasteiger partial charge in [-0.3, -0.25) is 0 Å². The van der Waals surface area contributed by atoms with Crippen LogP contribution in [0.15, 0.2) is 36.4 Å². The highest BCUT2D eigenvalue weighted by atomic mass is 16.6. The highest BCUT2D eigenvalue weighted by molar-refractivity contribution is 5.91. The van der Waals surface area contributed by atoms with Gasteiger partial charge in [0.25, 0.3) is 0 Å². The second-order valence-corrected chi connectivity index (χ2v) is 11.4. The van der Waals surface area contributed by atoms with Crippen molar-refractivity contribution >= 4 is 11.9 Å². The van der Waals surface area contributed by atoms with E-state index in [1.54, 1.807) is 0 Å². The average molecular weight is 463 g/mol. The van der Waals surface area contributed by atoms with Crippen molar-refractivity contribution in [3.05, 3.63) is 69.8 Å². The molecule has 4 nitrogen and oxygen atoms in total. The van der Waals surface area contributed by atoms with Crippen LogP contribution >= 0.6 is 0 Å². The van der Waals surface area contributed by atoms with Gasteiger partial charge in [-0.05, 0) is 83.6 Å². The van der Waals surface area contributed by atoms with Crippen molar-refractivity contribution in [3.63, 3.8) is 0 Å². The van der Waals surface area contributed by atoms with Gasteiger partial charge in [0.05, 0.1) is 11.1 Å². The lowest BCUT2D eigenvalue weighted by molar-refractivity contribution is -0.210. The maximum absolute atomic E-state index is 13.4. The number of carbonyl (C=O) groups excluding carboxylic acids is 2. The van der Waals surface area contributed by atoms with Crippen LogP contribution in [0.4, 0.5) is 0 Å². The first kappa shape index (κ1) is 24.5. The normalized spacial score (nSPS) is 28.1. The predicted octanol–water partition coefficient (Wildman–Crippen LogP) is 6.91. The van der Waals surface area contributed by atoms with Gasteiger partial charge in [-0.1, -0.05) is 55.2 Å². The van der Waals surface area contributed by atoms with Crippen molar-refractivity contribution < 1.29 is 19.1 Å². The van der Waals surface area contributed by atoms with Crippen LogP contribution in [0.1, 0.15) is 89.4 Å². The molecule has 0 aliphatic heterocycles. The van der Waals surface area contributed by atoms with E-state index in [2.05, 4.69) is 20.8 Å². The number of aryl methyl sites for hydroxylation is 4. The minimum Gasteiger partial charge on any atom is -0.454 e. The third-order valence-electron chi connectivity index (χ3n) is 8.38. The van der Waals surface area contributed by atoms with Gasteiger partial charge >= 0.3 is 11.9 Å². The average Bonchev–Trinajstić information content (AvgIpc) is 2.74. The van der Waals surface area contributed by atoms with Crippen LogP contribution in [0.5, 0.6) is 0 Å². The zero-order valence-electron chi connectivity index (χ0n) is 21.7. The number of carbonyl (C=O) groups is 2. The minimum absolute atomic E-state index is 0.195. The first-order valence-electron chi connectivity index (χ1n) is 12.5. The van der Waals surface area contributed by atoms with Gasteiger partial charge in [-0.15, -0.1) is 0 Å². The molecule has 2 atom stereocenters. The Morgan fingerprint density at radius 3 is 1.47 bits per heavy atom. The largest absolute Gasteiger partial charge is 0.454 e. The van der Waals surface area contributed by atoms with E-state index in [1.165, 1.54) is 0 Å². The van der Waals surface area contributed by atoms with Crippen molar-refractivity contribution in [1.29, 1.82) is 0 Å². The molecule has 34 heavy (non-hydrogen) atoms. The van der Waals surface area contributed by atoms with Gasteiger partial charge in [0.1, 0.15) is 12.2 Å². The van der Waals surface area contributed by atoms with Crippen LogP contribution in [0.2, 0.25) is 0 Å². The van der Waals surface area contributed by atoms with E-state index in [0.717, 1.165) is 47.9 Å². The molecule has 0 aromatic heterocycles. The molecule has 3 fully saturated rings. The molecule has 0 saturated heterocycles. The van der Waals surface area contributed by atoms with Gasteiger partial charge in [0.2, 0.25) is 0 Å². The van der Waals surface area contributed by atoms with Gasteiger partial charge in [-0.2, -0.15) is 0 Å². The maximum atomic E-state index is 13.4. The van der Waals surface area contributed by atoms with Crippen LogP contribution in [-0.2, 0) is 9.47 Å². The highest BCUT2D eigenvalue weighted by Crippen LogP contribution is 2.61. The lowest BCUT2D eigenvalue weighted by Crippen LogP contribution is -2.64. The number of hydrogen-bond donors (Lipinski definition) is 0. The van der Waals surface area contributed by atoms with Crippen molar-refractivity contribution in [3.8, 4) is 0 Å². The molecular formula is C30H38O4. The summed E-state index contributed by atoms with van der Waals surface area (Å²) >= 11 is 0. The quantitative estimate of drug-likeness (QED) is 0.453. The molecule has 182 valence electrons. The summed E-state index contributed by atoms with van der Waals surface area (Å²) in [6.07, 6.45) is 2.94. The third kappa shape index (κ3) is 4.39. The van der Waals surface area contributed by atoms with E-state index in [4.69, 9.17) is 9.47 Å². The Labute approximate surface area is 204 Å². The zero-order chi connectivity index (χ0) is 24.8.